The van der Waals surface area contributed by atoms with E-state index >= 15 is 0 Å². The molecule has 0 amide bonds. The number of aromatic nitrogens is 2. The summed E-state index contributed by atoms with van der Waals surface area (Å²) in [6, 6.07) is 0.252. The summed E-state index contributed by atoms with van der Waals surface area (Å²) in [6.45, 7) is 2.10. The summed E-state index contributed by atoms with van der Waals surface area (Å²) in [5.41, 5.74) is 8.50. The second-order valence-corrected chi connectivity index (χ2v) is 3.24. The molecule has 64 valence electrons. The number of nitrogens with two attached hydrogens (primary N) is 1. The summed E-state index contributed by atoms with van der Waals surface area (Å²) in [7, 11) is 0. The van der Waals surface area contributed by atoms with E-state index in [-0.39, 0.29) is 6.04 Å². The Morgan fingerprint density at radius 1 is 1.67 bits per heavy atom. The molecule has 0 saturated heterocycles. The summed E-state index contributed by atoms with van der Waals surface area (Å²) in [5, 5.41) is 0. The maximum absolute atomic E-state index is 5.88. The second kappa shape index (κ2) is 2.75. The van der Waals surface area contributed by atoms with Gasteiger partial charge in [-0.15, -0.1) is 0 Å². The highest BCUT2D eigenvalue weighted by atomic mass is 15.0. The van der Waals surface area contributed by atoms with Gasteiger partial charge in [0.2, 0.25) is 0 Å². The summed E-state index contributed by atoms with van der Waals surface area (Å²) in [4.78, 5) is 4.01. The number of nitrogens with zero attached hydrogens (tertiary/aromatic N) is 2. The van der Waals surface area contributed by atoms with Crippen LogP contribution in [0.15, 0.2) is 24.3 Å². The maximum atomic E-state index is 5.88. The summed E-state index contributed by atoms with van der Waals surface area (Å²) in [6.07, 6.45) is 7.74. The van der Waals surface area contributed by atoms with Gasteiger partial charge in [-0.2, -0.15) is 0 Å². The third kappa shape index (κ3) is 1.06. The summed E-state index contributed by atoms with van der Waals surface area (Å²) in [5.74, 6) is 0. The number of allylic oxidation sites excluding steroid dienone is 1. The molecule has 1 unspecified atom stereocenters. The van der Waals surface area contributed by atoms with Gasteiger partial charge < -0.3 is 10.3 Å². The highest BCUT2D eigenvalue weighted by Gasteiger charge is 2.19. The number of imidazole rings is 1. The molecule has 1 aromatic heterocycles. The van der Waals surface area contributed by atoms with Crippen LogP contribution in [-0.2, 0) is 0 Å². The molecule has 0 bridgehead atoms. The molecule has 1 aromatic rings. The number of rotatable bonds is 1. The quantitative estimate of drug-likeness (QED) is 0.676. The van der Waals surface area contributed by atoms with Gasteiger partial charge in [0, 0.05) is 24.1 Å². The van der Waals surface area contributed by atoms with Crippen LogP contribution in [0.3, 0.4) is 0 Å². The average Bonchev–Trinajstić information content (AvgIpc) is 2.64. The molecule has 0 radical (unpaired) electrons. The summed E-state index contributed by atoms with van der Waals surface area (Å²) < 4.78 is 2.06. The van der Waals surface area contributed by atoms with Crippen molar-refractivity contribution < 1.29 is 0 Å². The minimum absolute atomic E-state index is 0.252. The zero-order chi connectivity index (χ0) is 8.55. The Labute approximate surface area is 71.9 Å². The van der Waals surface area contributed by atoms with Gasteiger partial charge in [-0.05, 0) is 25.3 Å². The Hall–Kier alpha value is -1.09. The van der Waals surface area contributed by atoms with E-state index in [9.17, 15) is 0 Å². The SMILES string of the molecule is CC1=C(n2ccnc2)CCC1N. The molecule has 3 heteroatoms. The maximum Gasteiger partial charge on any atom is 0.0989 e. The first-order chi connectivity index (χ1) is 5.79. The van der Waals surface area contributed by atoms with Crippen LogP contribution >= 0.6 is 0 Å². The number of hydrogen-bond donors (Lipinski definition) is 1. The lowest BCUT2D eigenvalue weighted by atomic mass is 10.2. The molecule has 1 atom stereocenters. The van der Waals surface area contributed by atoms with Crippen molar-refractivity contribution in [3.05, 3.63) is 24.3 Å². The Morgan fingerprint density at radius 2 is 2.50 bits per heavy atom. The van der Waals surface area contributed by atoms with E-state index in [2.05, 4.69) is 16.5 Å². The molecule has 0 aromatic carbocycles. The van der Waals surface area contributed by atoms with Crippen LogP contribution in [0.4, 0.5) is 0 Å². The average molecular weight is 163 g/mol. The molecular formula is C9H13N3. The van der Waals surface area contributed by atoms with Crippen molar-refractivity contribution in [3.63, 3.8) is 0 Å². The fraction of sp³-hybridized carbons (Fsp3) is 0.444. The van der Waals surface area contributed by atoms with E-state index in [4.69, 9.17) is 5.73 Å². The minimum atomic E-state index is 0.252. The van der Waals surface area contributed by atoms with Gasteiger partial charge in [-0.3, -0.25) is 0 Å². The molecule has 0 fully saturated rings. The normalized spacial score (nSPS) is 23.7. The predicted molar refractivity (Wildman–Crippen MR) is 48.3 cm³/mol. The van der Waals surface area contributed by atoms with Crippen molar-refractivity contribution in [1.82, 2.24) is 9.55 Å². The lowest BCUT2D eigenvalue weighted by molar-refractivity contribution is 0.750. The van der Waals surface area contributed by atoms with E-state index in [0.29, 0.717) is 0 Å². The Bertz CT molecular complexity index is 298. The first-order valence-electron chi connectivity index (χ1n) is 4.22. The Balaban J connectivity index is 2.36. The predicted octanol–water partition coefficient (Wildman–Crippen LogP) is 1.24. The van der Waals surface area contributed by atoms with E-state index in [1.54, 1.807) is 6.20 Å². The highest BCUT2D eigenvalue weighted by molar-refractivity contribution is 5.54. The van der Waals surface area contributed by atoms with E-state index < -0.39 is 0 Å². The molecule has 2 rings (SSSR count). The van der Waals surface area contributed by atoms with Gasteiger partial charge in [0.1, 0.15) is 0 Å². The molecule has 3 nitrogen and oxygen atoms in total. The monoisotopic (exact) mass is 163 g/mol. The smallest absolute Gasteiger partial charge is 0.0989 e. The van der Waals surface area contributed by atoms with E-state index in [1.165, 1.54) is 11.3 Å². The highest BCUT2D eigenvalue weighted by Crippen LogP contribution is 2.27. The molecular weight excluding hydrogens is 150 g/mol. The van der Waals surface area contributed by atoms with Crippen molar-refractivity contribution >= 4 is 5.70 Å². The van der Waals surface area contributed by atoms with Crippen molar-refractivity contribution in [2.24, 2.45) is 5.73 Å². The van der Waals surface area contributed by atoms with E-state index in [1.807, 2.05) is 12.5 Å². The lowest BCUT2D eigenvalue weighted by Crippen LogP contribution is -2.16. The molecule has 1 aliphatic rings. The van der Waals surface area contributed by atoms with Crippen LogP contribution < -0.4 is 5.73 Å². The fourth-order valence-corrected chi connectivity index (χ4v) is 1.67. The van der Waals surface area contributed by atoms with Crippen LogP contribution in [-0.4, -0.2) is 15.6 Å². The van der Waals surface area contributed by atoms with Crippen molar-refractivity contribution in [3.8, 4) is 0 Å². The zero-order valence-corrected chi connectivity index (χ0v) is 7.20. The van der Waals surface area contributed by atoms with Gasteiger partial charge in [0.25, 0.3) is 0 Å². The molecule has 0 saturated carbocycles. The molecule has 12 heavy (non-hydrogen) atoms. The molecule has 1 aliphatic carbocycles. The van der Waals surface area contributed by atoms with Crippen LogP contribution in [0.5, 0.6) is 0 Å². The second-order valence-electron chi connectivity index (χ2n) is 3.24. The van der Waals surface area contributed by atoms with Gasteiger partial charge in [0.15, 0.2) is 0 Å². The number of hydrogen-bond acceptors (Lipinski definition) is 2. The van der Waals surface area contributed by atoms with Gasteiger partial charge in [-0.1, -0.05) is 0 Å². The van der Waals surface area contributed by atoms with Gasteiger partial charge in [0.05, 0.1) is 6.33 Å². The summed E-state index contributed by atoms with van der Waals surface area (Å²) >= 11 is 0. The minimum Gasteiger partial charge on any atom is -0.324 e. The van der Waals surface area contributed by atoms with Crippen LogP contribution in [0.25, 0.3) is 5.70 Å². The molecule has 1 heterocycles. The molecule has 0 spiro atoms. The third-order valence-corrected chi connectivity index (χ3v) is 2.52. The van der Waals surface area contributed by atoms with E-state index in [0.717, 1.165) is 12.8 Å². The largest absolute Gasteiger partial charge is 0.324 e. The Morgan fingerprint density at radius 3 is 3.00 bits per heavy atom. The van der Waals surface area contributed by atoms with Crippen molar-refractivity contribution in [2.45, 2.75) is 25.8 Å². The fourth-order valence-electron chi connectivity index (χ4n) is 1.67. The first-order valence-corrected chi connectivity index (χ1v) is 4.22. The lowest BCUT2D eigenvalue weighted by Gasteiger charge is -2.05. The third-order valence-electron chi connectivity index (χ3n) is 2.52. The molecule has 2 N–H and O–H groups in total. The van der Waals surface area contributed by atoms with Crippen LogP contribution in [0, 0.1) is 0 Å². The van der Waals surface area contributed by atoms with Crippen LogP contribution in [0.2, 0.25) is 0 Å². The Kier molecular flexibility index (Phi) is 1.73. The van der Waals surface area contributed by atoms with Gasteiger partial charge in [-0.25, -0.2) is 4.98 Å². The topological polar surface area (TPSA) is 43.8 Å². The van der Waals surface area contributed by atoms with Crippen LogP contribution in [0.1, 0.15) is 19.8 Å². The zero-order valence-electron chi connectivity index (χ0n) is 7.20. The van der Waals surface area contributed by atoms with Crippen molar-refractivity contribution in [1.29, 1.82) is 0 Å². The standard InChI is InChI=1S/C9H13N3/c1-7-8(10)2-3-9(7)12-5-4-11-6-12/h4-6,8H,2-3,10H2,1H3. The van der Waals surface area contributed by atoms with Gasteiger partial charge >= 0.3 is 0 Å². The molecule has 0 aliphatic heterocycles. The first kappa shape index (κ1) is 7.55. The van der Waals surface area contributed by atoms with Crippen molar-refractivity contribution in [2.75, 3.05) is 0 Å².